The van der Waals surface area contributed by atoms with Gasteiger partial charge < -0.3 is 15.8 Å². The van der Waals surface area contributed by atoms with Crippen molar-refractivity contribution in [3.8, 4) is 23.3 Å². The number of fused-ring (bicyclic) bond motifs is 1. The zero-order valence-electron chi connectivity index (χ0n) is 19.1. The monoisotopic (exact) mass is 475 g/mol. The lowest BCUT2D eigenvalue weighted by atomic mass is 10.2. The number of nitrogens with one attached hydrogen (secondary N) is 1. The van der Waals surface area contributed by atoms with Crippen LogP contribution >= 0.6 is 0 Å². The summed E-state index contributed by atoms with van der Waals surface area (Å²) in [6.45, 7) is 0.357. The number of nitrogen functional groups attached to an aromatic ring is 1. The van der Waals surface area contributed by atoms with E-state index in [0.717, 1.165) is 0 Å². The number of anilines is 2. The van der Waals surface area contributed by atoms with E-state index in [0.29, 0.717) is 52.7 Å². The maximum absolute atomic E-state index is 13.9. The van der Waals surface area contributed by atoms with Crippen molar-refractivity contribution < 1.29 is 4.74 Å². The molecule has 3 N–H and O–H groups in total. The Balaban J connectivity index is 1.56. The van der Waals surface area contributed by atoms with E-state index >= 15 is 0 Å². The first-order chi connectivity index (χ1) is 17.6. The summed E-state index contributed by atoms with van der Waals surface area (Å²) in [5.74, 6) is 2.00. The van der Waals surface area contributed by atoms with Gasteiger partial charge in [0, 0.05) is 13.0 Å². The standard InChI is InChI=1S/C27H21N7O2/c28-16-18-17-31-27(29)33-25(18)30-15-14-23-32-21-12-7-13-22(36-20-10-5-2-6-11-20)24(21)26(35)34(23)19-8-3-1-4-9-19/h1-13,17H,14-15H2,(H3,29,30,31,33). The number of para-hydroxylation sites is 2. The molecule has 9 nitrogen and oxygen atoms in total. The lowest BCUT2D eigenvalue weighted by Gasteiger charge is -2.16. The van der Waals surface area contributed by atoms with Gasteiger partial charge in [0.05, 0.1) is 17.4 Å². The van der Waals surface area contributed by atoms with Gasteiger partial charge in [0.15, 0.2) is 0 Å². The smallest absolute Gasteiger partial charge is 0.269 e. The molecule has 0 fully saturated rings. The third kappa shape index (κ3) is 4.56. The van der Waals surface area contributed by atoms with E-state index in [1.807, 2.05) is 72.8 Å². The molecule has 0 atom stereocenters. The third-order valence-corrected chi connectivity index (χ3v) is 5.48. The Morgan fingerprint density at radius 1 is 0.972 bits per heavy atom. The van der Waals surface area contributed by atoms with Gasteiger partial charge in [0.2, 0.25) is 5.95 Å². The first kappa shape index (κ1) is 22.6. The molecule has 3 aromatic carbocycles. The van der Waals surface area contributed by atoms with Gasteiger partial charge in [-0.2, -0.15) is 10.2 Å². The van der Waals surface area contributed by atoms with Crippen LogP contribution in [0.4, 0.5) is 11.8 Å². The van der Waals surface area contributed by atoms with Gasteiger partial charge in [-0.15, -0.1) is 0 Å². The number of ether oxygens (including phenoxy) is 1. The van der Waals surface area contributed by atoms with Gasteiger partial charge in [-0.25, -0.2) is 9.97 Å². The molecule has 0 aliphatic carbocycles. The molecule has 0 aliphatic rings. The predicted octanol–water partition coefficient (Wildman–Crippen LogP) is 4.08. The third-order valence-electron chi connectivity index (χ3n) is 5.48. The molecule has 0 radical (unpaired) electrons. The van der Waals surface area contributed by atoms with Crippen molar-refractivity contribution in [3.05, 3.63) is 107 Å². The van der Waals surface area contributed by atoms with Crippen molar-refractivity contribution in [2.24, 2.45) is 0 Å². The average molecular weight is 476 g/mol. The first-order valence-corrected chi connectivity index (χ1v) is 11.2. The highest BCUT2D eigenvalue weighted by Gasteiger charge is 2.17. The van der Waals surface area contributed by atoms with Gasteiger partial charge >= 0.3 is 0 Å². The highest BCUT2D eigenvalue weighted by atomic mass is 16.5. The maximum Gasteiger partial charge on any atom is 0.269 e. The molecule has 9 heteroatoms. The zero-order valence-corrected chi connectivity index (χ0v) is 19.1. The lowest BCUT2D eigenvalue weighted by molar-refractivity contribution is 0.487. The summed E-state index contributed by atoms with van der Waals surface area (Å²) in [6.07, 6.45) is 1.74. The number of aromatic nitrogens is 4. The minimum Gasteiger partial charge on any atom is -0.456 e. The summed E-state index contributed by atoms with van der Waals surface area (Å²) in [5, 5.41) is 12.8. The van der Waals surface area contributed by atoms with E-state index in [2.05, 4.69) is 15.3 Å². The van der Waals surface area contributed by atoms with E-state index in [1.165, 1.54) is 6.20 Å². The molecule has 176 valence electrons. The zero-order chi connectivity index (χ0) is 24.9. The van der Waals surface area contributed by atoms with E-state index in [9.17, 15) is 10.1 Å². The molecule has 0 unspecified atom stereocenters. The first-order valence-electron chi connectivity index (χ1n) is 11.2. The minimum absolute atomic E-state index is 0.0625. The van der Waals surface area contributed by atoms with Crippen molar-refractivity contribution in [1.29, 1.82) is 5.26 Å². The number of hydrogen-bond donors (Lipinski definition) is 2. The Hall–Kier alpha value is -5.23. The van der Waals surface area contributed by atoms with Crippen LogP contribution in [-0.4, -0.2) is 26.1 Å². The van der Waals surface area contributed by atoms with Crippen molar-refractivity contribution in [3.63, 3.8) is 0 Å². The van der Waals surface area contributed by atoms with Crippen molar-refractivity contribution in [2.45, 2.75) is 6.42 Å². The van der Waals surface area contributed by atoms with Crippen molar-refractivity contribution >= 4 is 22.7 Å². The van der Waals surface area contributed by atoms with Crippen molar-refractivity contribution in [2.75, 3.05) is 17.6 Å². The molecule has 0 spiro atoms. The van der Waals surface area contributed by atoms with Crippen LogP contribution in [0.5, 0.6) is 11.5 Å². The molecule has 2 heterocycles. The highest BCUT2D eigenvalue weighted by Crippen LogP contribution is 2.27. The topological polar surface area (TPSA) is 132 Å². The fourth-order valence-corrected chi connectivity index (χ4v) is 3.86. The molecule has 0 aliphatic heterocycles. The largest absolute Gasteiger partial charge is 0.456 e. The van der Waals surface area contributed by atoms with E-state index in [4.69, 9.17) is 15.5 Å². The number of nitriles is 1. The fourth-order valence-electron chi connectivity index (χ4n) is 3.86. The SMILES string of the molecule is N#Cc1cnc(N)nc1NCCc1nc2cccc(Oc3ccccc3)c2c(=O)n1-c1ccccc1. The highest BCUT2D eigenvalue weighted by molar-refractivity contribution is 5.85. The molecular weight excluding hydrogens is 454 g/mol. The van der Waals surface area contributed by atoms with Crippen LogP contribution in [0.1, 0.15) is 11.4 Å². The number of nitrogens with zero attached hydrogens (tertiary/aromatic N) is 5. The van der Waals surface area contributed by atoms with Crippen LogP contribution in [0.2, 0.25) is 0 Å². The number of nitrogens with two attached hydrogens (primary N) is 1. The molecule has 5 aromatic rings. The molecule has 36 heavy (non-hydrogen) atoms. The van der Waals surface area contributed by atoms with Crippen molar-refractivity contribution in [1.82, 2.24) is 19.5 Å². The summed E-state index contributed by atoms with van der Waals surface area (Å²) < 4.78 is 7.64. The quantitative estimate of drug-likeness (QED) is 0.360. The van der Waals surface area contributed by atoms with E-state index in [-0.39, 0.29) is 17.1 Å². The number of hydrogen-bond acceptors (Lipinski definition) is 8. The van der Waals surface area contributed by atoms with Gasteiger partial charge in [0.1, 0.15) is 40.2 Å². The normalized spacial score (nSPS) is 10.6. The Morgan fingerprint density at radius 3 is 2.47 bits per heavy atom. The predicted molar refractivity (Wildman–Crippen MR) is 137 cm³/mol. The van der Waals surface area contributed by atoms with Gasteiger partial charge in [-0.3, -0.25) is 9.36 Å². The Bertz CT molecular complexity index is 1630. The molecular formula is C27H21N7O2. The van der Waals surface area contributed by atoms with Crippen LogP contribution in [0.15, 0.2) is 89.9 Å². The molecule has 0 bridgehead atoms. The summed E-state index contributed by atoms with van der Waals surface area (Å²) in [5.41, 5.74) is 6.93. The Labute approximate surface area is 206 Å². The number of rotatable bonds is 7. The Kier molecular flexibility index (Phi) is 6.23. The molecule has 0 saturated carbocycles. The van der Waals surface area contributed by atoms with Gasteiger partial charge in [0.25, 0.3) is 5.56 Å². The summed E-state index contributed by atoms with van der Waals surface area (Å²) in [7, 11) is 0. The summed E-state index contributed by atoms with van der Waals surface area (Å²) >= 11 is 0. The van der Waals surface area contributed by atoms with Crippen LogP contribution < -0.4 is 21.3 Å². The second kappa shape index (κ2) is 9.95. The fraction of sp³-hybridized carbons (Fsp3) is 0.0741. The van der Waals surface area contributed by atoms with Gasteiger partial charge in [-0.05, 0) is 36.4 Å². The van der Waals surface area contributed by atoms with Crippen LogP contribution in [-0.2, 0) is 6.42 Å². The minimum atomic E-state index is -0.239. The summed E-state index contributed by atoms with van der Waals surface area (Å²) in [4.78, 5) is 26.7. The van der Waals surface area contributed by atoms with Crippen LogP contribution in [0.3, 0.4) is 0 Å². The summed E-state index contributed by atoms with van der Waals surface area (Å²) in [6, 6.07) is 26.0. The lowest BCUT2D eigenvalue weighted by Crippen LogP contribution is -2.25. The maximum atomic E-state index is 13.9. The molecule has 0 amide bonds. The molecule has 0 saturated heterocycles. The Morgan fingerprint density at radius 2 is 1.72 bits per heavy atom. The second-order valence-corrected chi connectivity index (χ2v) is 7.85. The van der Waals surface area contributed by atoms with E-state index < -0.39 is 0 Å². The van der Waals surface area contributed by atoms with Crippen LogP contribution in [0.25, 0.3) is 16.6 Å². The molecule has 5 rings (SSSR count). The second-order valence-electron chi connectivity index (χ2n) is 7.85. The van der Waals surface area contributed by atoms with Crippen LogP contribution in [0, 0.1) is 11.3 Å². The molecule has 2 aromatic heterocycles. The van der Waals surface area contributed by atoms with E-state index in [1.54, 1.807) is 16.7 Å². The average Bonchev–Trinajstić information content (AvgIpc) is 2.90. The van der Waals surface area contributed by atoms with Gasteiger partial charge in [-0.1, -0.05) is 42.5 Å². The number of benzene rings is 3.